The van der Waals surface area contributed by atoms with Crippen molar-refractivity contribution in [1.29, 1.82) is 0 Å². The van der Waals surface area contributed by atoms with Crippen LogP contribution in [0.25, 0.3) is 0 Å². The molecule has 0 radical (unpaired) electrons. The van der Waals surface area contributed by atoms with Gasteiger partial charge in [-0.2, -0.15) is 4.39 Å². The highest BCUT2D eigenvalue weighted by Gasteiger charge is 2.29. The SMILES string of the molecule is CCCCCCCCOc1ccc(C2CCC(c3ccc(C)cc3F)CO2)c(F)c1F. The highest BCUT2D eigenvalue weighted by Crippen LogP contribution is 2.38. The lowest BCUT2D eigenvalue weighted by molar-refractivity contribution is -0.000629. The second-order valence-electron chi connectivity index (χ2n) is 8.52. The van der Waals surface area contributed by atoms with Gasteiger partial charge >= 0.3 is 0 Å². The van der Waals surface area contributed by atoms with Crippen molar-refractivity contribution in [2.45, 2.75) is 77.2 Å². The zero-order valence-electron chi connectivity index (χ0n) is 18.6. The molecule has 2 aromatic carbocycles. The minimum Gasteiger partial charge on any atom is -0.490 e. The topological polar surface area (TPSA) is 18.5 Å². The summed E-state index contributed by atoms with van der Waals surface area (Å²) in [6.07, 6.45) is 7.25. The third-order valence-electron chi connectivity index (χ3n) is 6.05. The molecule has 5 heteroatoms. The van der Waals surface area contributed by atoms with E-state index in [9.17, 15) is 13.2 Å². The third kappa shape index (κ3) is 6.25. The molecule has 1 aliphatic heterocycles. The Bertz CT molecular complexity index is 845. The number of unbranched alkanes of at least 4 members (excludes halogenated alkanes) is 5. The molecule has 0 bridgehead atoms. The van der Waals surface area contributed by atoms with Crippen molar-refractivity contribution < 1.29 is 22.6 Å². The zero-order chi connectivity index (χ0) is 22.2. The molecule has 0 amide bonds. The first-order valence-corrected chi connectivity index (χ1v) is 11.5. The monoisotopic (exact) mass is 434 g/mol. The maximum absolute atomic E-state index is 14.7. The molecule has 0 spiro atoms. The van der Waals surface area contributed by atoms with E-state index < -0.39 is 17.7 Å². The molecule has 0 aliphatic carbocycles. The van der Waals surface area contributed by atoms with Crippen LogP contribution in [0.4, 0.5) is 13.2 Å². The van der Waals surface area contributed by atoms with Crippen LogP contribution in [-0.2, 0) is 4.74 Å². The molecule has 1 fully saturated rings. The van der Waals surface area contributed by atoms with Crippen LogP contribution < -0.4 is 4.74 Å². The third-order valence-corrected chi connectivity index (χ3v) is 6.05. The summed E-state index contributed by atoms with van der Waals surface area (Å²) in [6.45, 7) is 4.68. The van der Waals surface area contributed by atoms with Gasteiger partial charge in [-0.05, 0) is 55.5 Å². The number of benzene rings is 2. The number of hydrogen-bond donors (Lipinski definition) is 0. The summed E-state index contributed by atoms with van der Waals surface area (Å²) < 4.78 is 54.7. The Hall–Kier alpha value is -2.01. The predicted molar refractivity (Wildman–Crippen MR) is 117 cm³/mol. The second kappa shape index (κ2) is 11.6. The molecule has 0 aromatic heterocycles. The fourth-order valence-electron chi connectivity index (χ4n) is 4.18. The second-order valence-corrected chi connectivity index (χ2v) is 8.52. The van der Waals surface area contributed by atoms with Crippen molar-refractivity contribution in [3.05, 3.63) is 64.5 Å². The molecule has 2 nitrogen and oxygen atoms in total. The van der Waals surface area contributed by atoms with Crippen LogP contribution in [0.15, 0.2) is 30.3 Å². The van der Waals surface area contributed by atoms with Gasteiger partial charge in [0, 0.05) is 11.5 Å². The minimum atomic E-state index is -0.959. The summed E-state index contributed by atoms with van der Waals surface area (Å²) in [5.41, 5.74) is 1.69. The highest BCUT2D eigenvalue weighted by molar-refractivity contribution is 5.33. The maximum atomic E-state index is 14.7. The molecule has 2 atom stereocenters. The van der Waals surface area contributed by atoms with E-state index >= 15 is 0 Å². The normalized spacial score (nSPS) is 18.9. The Balaban J connectivity index is 1.53. The van der Waals surface area contributed by atoms with Gasteiger partial charge in [-0.25, -0.2) is 8.78 Å². The Morgan fingerprint density at radius 2 is 1.65 bits per heavy atom. The Morgan fingerprint density at radius 3 is 2.35 bits per heavy atom. The summed E-state index contributed by atoms with van der Waals surface area (Å²) in [4.78, 5) is 0. The van der Waals surface area contributed by atoms with E-state index in [4.69, 9.17) is 9.47 Å². The van der Waals surface area contributed by atoms with Crippen LogP contribution in [0.5, 0.6) is 5.75 Å². The Kier molecular flexibility index (Phi) is 8.82. The van der Waals surface area contributed by atoms with Gasteiger partial charge < -0.3 is 9.47 Å². The van der Waals surface area contributed by atoms with Crippen molar-refractivity contribution in [3.63, 3.8) is 0 Å². The summed E-state index contributed by atoms with van der Waals surface area (Å²) in [6, 6.07) is 8.21. The lowest BCUT2D eigenvalue weighted by atomic mass is 9.88. The van der Waals surface area contributed by atoms with Crippen molar-refractivity contribution in [3.8, 4) is 5.75 Å². The summed E-state index contributed by atoms with van der Waals surface area (Å²) >= 11 is 0. The predicted octanol–water partition coefficient (Wildman–Crippen LogP) is 7.79. The van der Waals surface area contributed by atoms with E-state index in [1.165, 1.54) is 31.4 Å². The summed E-state index contributed by atoms with van der Waals surface area (Å²) in [5.74, 6) is -2.24. The van der Waals surface area contributed by atoms with E-state index in [2.05, 4.69) is 6.92 Å². The van der Waals surface area contributed by atoms with Gasteiger partial charge in [-0.3, -0.25) is 0 Å². The molecule has 1 aliphatic rings. The van der Waals surface area contributed by atoms with E-state index in [0.717, 1.165) is 24.8 Å². The van der Waals surface area contributed by atoms with Crippen LogP contribution in [0.2, 0.25) is 0 Å². The van der Waals surface area contributed by atoms with Crippen LogP contribution in [-0.4, -0.2) is 13.2 Å². The number of rotatable bonds is 10. The first-order valence-electron chi connectivity index (χ1n) is 11.5. The maximum Gasteiger partial charge on any atom is 0.200 e. The lowest BCUT2D eigenvalue weighted by Gasteiger charge is -2.30. The van der Waals surface area contributed by atoms with Crippen LogP contribution in [0, 0.1) is 24.4 Å². The number of hydrogen-bond acceptors (Lipinski definition) is 2. The molecular formula is C26H33F3O2. The van der Waals surface area contributed by atoms with Crippen LogP contribution in [0.1, 0.15) is 87.0 Å². The quantitative estimate of drug-likeness (QED) is 0.355. The van der Waals surface area contributed by atoms with Gasteiger partial charge in [-0.1, -0.05) is 51.2 Å². The number of ether oxygens (including phenoxy) is 2. The van der Waals surface area contributed by atoms with Crippen molar-refractivity contribution in [2.24, 2.45) is 0 Å². The first kappa shape index (κ1) is 23.6. The van der Waals surface area contributed by atoms with Gasteiger partial charge in [0.05, 0.1) is 19.3 Å². The average molecular weight is 435 g/mol. The van der Waals surface area contributed by atoms with E-state index in [0.29, 0.717) is 25.0 Å². The lowest BCUT2D eigenvalue weighted by Crippen LogP contribution is -2.21. The average Bonchev–Trinajstić information content (AvgIpc) is 2.76. The molecule has 1 heterocycles. The molecule has 31 heavy (non-hydrogen) atoms. The highest BCUT2D eigenvalue weighted by atomic mass is 19.2. The number of halogens is 3. The Morgan fingerprint density at radius 1 is 0.903 bits per heavy atom. The van der Waals surface area contributed by atoms with Crippen molar-refractivity contribution in [1.82, 2.24) is 0 Å². The molecular weight excluding hydrogens is 401 g/mol. The first-order chi connectivity index (χ1) is 15.0. The van der Waals surface area contributed by atoms with Crippen molar-refractivity contribution in [2.75, 3.05) is 13.2 Å². The van der Waals surface area contributed by atoms with Gasteiger partial charge in [0.15, 0.2) is 11.6 Å². The largest absolute Gasteiger partial charge is 0.490 e. The Labute approximate surface area is 183 Å². The van der Waals surface area contributed by atoms with E-state index in [-0.39, 0.29) is 29.7 Å². The van der Waals surface area contributed by atoms with Gasteiger partial charge in [0.25, 0.3) is 0 Å². The standard InChI is InChI=1S/C26H33F3O2/c1-3-4-5-6-7-8-15-30-24-14-12-21(25(28)26(24)29)23-13-10-19(17-31-23)20-11-9-18(2)16-22(20)27/h9,11-12,14,16,19,23H,3-8,10,13,15,17H2,1-2H3. The summed E-state index contributed by atoms with van der Waals surface area (Å²) in [5, 5.41) is 0. The molecule has 0 saturated carbocycles. The fourth-order valence-corrected chi connectivity index (χ4v) is 4.18. The molecule has 170 valence electrons. The van der Waals surface area contributed by atoms with Gasteiger partial charge in [0.1, 0.15) is 5.82 Å². The smallest absolute Gasteiger partial charge is 0.200 e. The fraction of sp³-hybridized carbons (Fsp3) is 0.538. The van der Waals surface area contributed by atoms with Crippen molar-refractivity contribution >= 4 is 0 Å². The van der Waals surface area contributed by atoms with Crippen LogP contribution in [0.3, 0.4) is 0 Å². The molecule has 2 aromatic rings. The minimum absolute atomic E-state index is 0.0507. The van der Waals surface area contributed by atoms with Crippen LogP contribution >= 0.6 is 0 Å². The molecule has 3 rings (SSSR count). The van der Waals surface area contributed by atoms with Gasteiger partial charge in [0.2, 0.25) is 5.82 Å². The molecule has 0 N–H and O–H groups in total. The van der Waals surface area contributed by atoms with Gasteiger partial charge in [-0.15, -0.1) is 0 Å². The molecule has 1 saturated heterocycles. The summed E-state index contributed by atoms with van der Waals surface area (Å²) in [7, 11) is 0. The van der Waals surface area contributed by atoms with E-state index in [1.54, 1.807) is 12.1 Å². The molecule has 2 unspecified atom stereocenters. The zero-order valence-corrected chi connectivity index (χ0v) is 18.6. The number of aryl methyl sites for hydroxylation is 1. The van der Waals surface area contributed by atoms with E-state index in [1.807, 2.05) is 13.0 Å².